The summed E-state index contributed by atoms with van der Waals surface area (Å²) in [5.41, 5.74) is 0. The van der Waals surface area contributed by atoms with E-state index in [1.165, 1.54) is 103 Å². The number of hydrogen-bond donors (Lipinski definition) is 6. The second-order valence-corrected chi connectivity index (χ2v) is 12.3. The molecule has 0 aliphatic heterocycles. The topological polar surface area (TPSA) is 121 Å². The molecule has 0 heterocycles. The first kappa shape index (κ1) is 43.7. The Morgan fingerprint density at radius 1 is 0.387 bits per heavy atom. The molecule has 6 N–H and O–H groups in total. The van der Waals surface area contributed by atoms with Gasteiger partial charge in [-0.3, -0.25) is 0 Å². The standard InChI is InChI=1S/2C10H22.K.2H3O3PS.H/c2*1-3-5-7-9-10-8-6-4-2;;2*1-4(2,3)5;/h2*3-10H2,1-2H3;;2*(H3,1,2,3,5);. The fourth-order valence-corrected chi connectivity index (χ4v) is 2.41. The monoisotopic (exact) mass is 552 g/mol. The molecule has 0 saturated heterocycles. The first-order valence-corrected chi connectivity index (χ1v) is 16.7. The zero-order valence-electron chi connectivity index (χ0n) is 19.7. The van der Waals surface area contributed by atoms with Crippen molar-refractivity contribution in [1.29, 1.82) is 0 Å². The molecule has 0 aromatic rings. The van der Waals surface area contributed by atoms with Crippen molar-refractivity contribution in [2.45, 2.75) is 130 Å². The summed E-state index contributed by atoms with van der Waals surface area (Å²) in [6, 6.07) is 0. The van der Waals surface area contributed by atoms with Crippen LogP contribution in [0.4, 0.5) is 0 Å². The van der Waals surface area contributed by atoms with Crippen molar-refractivity contribution in [3.05, 3.63) is 0 Å². The Kier molecular flexibility index (Phi) is 49.2. The molecular formula is C20H51KO6P2S2. The SMILES string of the molecule is CCCCCCCCCC.CCCCCCCCCC.OP(O)(O)=S.OP(O)(O)=S.[KH]. The normalized spacial score (nSPS) is 10.4. The van der Waals surface area contributed by atoms with Gasteiger partial charge < -0.3 is 29.4 Å². The van der Waals surface area contributed by atoms with Gasteiger partial charge in [0.05, 0.1) is 0 Å². The summed E-state index contributed by atoms with van der Waals surface area (Å²) in [7, 11) is 0. The maximum atomic E-state index is 7.56. The van der Waals surface area contributed by atoms with Gasteiger partial charge in [-0.1, -0.05) is 130 Å². The summed E-state index contributed by atoms with van der Waals surface area (Å²) >= 11 is 7.21. The average Bonchev–Trinajstić information content (AvgIpc) is 2.59. The van der Waals surface area contributed by atoms with Crippen molar-refractivity contribution >= 4 is 88.4 Å². The molecule has 0 aromatic carbocycles. The predicted octanol–water partition coefficient (Wildman–Crippen LogP) is 6.02. The van der Waals surface area contributed by atoms with Crippen molar-refractivity contribution in [3.8, 4) is 0 Å². The summed E-state index contributed by atoms with van der Waals surface area (Å²) in [5.74, 6) is 0. The average molecular weight is 553 g/mol. The van der Waals surface area contributed by atoms with Crippen molar-refractivity contribution in [3.63, 3.8) is 0 Å². The van der Waals surface area contributed by atoms with Crippen LogP contribution in [-0.2, 0) is 23.6 Å². The van der Waals surface area contributed by atoms with E-state index in [1.807, 2.05) is 0 Å². The summed E-state index contributed by atoms with van der Waals surface area (Å²) in [6.07, 6.45) is 22.9. The van der Waals surface area contributed by atoms with Gasteiger partial charge in [-0.15, -0.1) is 0 Å². The van der Waals surface area contributed by atoms with Gasteiger partial charge in [0.15, 0.2) is 0 Å². The van der Waals surface area contributed by atoms with E-state index in [-0.39, 0.29) is 51.4 Å². The van der Waals surface area contributed by atoms with E-state index in [2.05, 4.69) is 51.3 Å². The quantitative estimate of drug-likeness (QED) is 0.0879. The van der Waals surface area contributed by atoms with Crippen LogP contribution >= 0.6 is 13.4 Å². The zero-order chi connectivity index (χ0) is 24.3. The maximum absolute atomic E-state index is 7.56. The molecular weight excluding hydrogens is 501 g/mol. The van der Waals surface area contributed by atoms with Crippen molar-refractivity contribution in [2.75, 3.05) is 0 Å². The van der Waals surface area contributed by atoms with Gasteiger partial charge in [-0.25, -0.2) is 0 Å². The molecule has 190 valence electrons. The van der Waals surface area contributed by atoms with Gasteiger partial charge in [0, 0.05) is 0 Å². The fraction of sp³-hybridized carbons (Fsp3) is 1.00. The van der Waals surface area contributed by atoms with Crippen LogP contribution in [0, 0.1) is 0 Å². The van der Waals surface area contributed by atoms with E-state index in [0.29, 0.717) is 0 Å². The van der Waals surface area contributed by atoms with Crippen LogP contribution in [-0.4, -0.2) is 80.7 Å². The molecule has 0 atom stereocenters. The second kappa shape index (κ2) is 34.9. The third kappa shape index (κ3) is 111. The van der Waals surface area contributed by atoms with E-state index in [0.717, 1.165) is 0 Å². The minimum atomic E-state index is -3.81. The van der Waals surface area contributed by atoms with Crippen LogP contribution in [0.2, 0.25) is 0 Å². The molecule has 0 rings (SSSR count). The first-order valence-electron chi connectivity index (χ1n) is 11.4. The summed E-state index contributed by atoms with van der Waals surface area (Å²) in [5, 5.41) is 0. The fourth-order valence-electron chi connectivity index (χ4n) is 2.41. The molecule has 0 bridgehead atoms. The summed E-state index contributed by atoms with van der Waals surface area (Å²) in [6.45, 7) is 1.47. The van der Waals surface area contributed by atoms with Crippen LogP contribution in [0.15, 0.2) is 0 Å². The minimum absolute atomic E-state index is 0. The van der Waals surface area contributed by atoms with Crippen molar-refractivity contribution in [2.24, 2.45) is 0 Å². The molecule has 0 saturated carbocycles. The van der Waals surface area contributed by atoms with Gasteiger partial charge in [0.2, 0.25) is 0 Å². The molecule has 0 aromatic heterocycles. The Bertz CT molecular complexity index is 327. The van der Waals surface area contributed by atoms with Crippen LogP contribution in [0.1, 0.15) is 130 Å². The van der Waals surface area contributed by atoms with E-state index in [9.17, 15) is 0 Å². The molecule has 0 amide bonds. The van der Waals surface area contributed by atoms with Gasteiger partial charge in [0.25, 0.3) is 0 Å². The molecule has 11 heteroatoms. The Balaban J connectivity index is -0.000000101. The van der Waals surface area contributed by atoms with Crippen molar-refractivity contribution in [1.82, 2.24) is 0 Å². The van der Waals surface area contributed by atoms with E-state index < -0.39 is 13.4 Å². The third-order valence-corrected chi connectivity index (χ3v) is 3.91. The van der Waals surface area contributed by atoms with Gasteiger partial charge in [0.1, 0.15) is 0 Å². The van der Waals surface area contributed by atoms with Crippen molar-refractivity contribution < 1.29 is 29.4 Å². The van der Waals surface area contributed by atoms with Gasteiger partial charge in [-0.2, -0.15) is 0 Å². The molecule has 0 unspecified atom stereocenters. The molecule has 6 nitrogen and oxygen atoms in total. The summed E-state index contributed by atoms with van der Waals surface area (Å²) in [4.78, 5) is 45.3. The first-order chi connectivity index (χ1) is 13.8. The molecule has 0 aliphatic rings. The molecule has 31 heavy (non-hydrogen) atoms. The second-order valence-electron chi connectivity index (χ2n) is 7.27. The van der Waals surface area contributed by atoms with Crippen LogP contribution in [0.5, 0.6) is 0 Å². The number of hydrogen-bond acceptors (Lipinski definition) is 2. The molecule has 0 spiro atoms. The summed E-state index contributed by atoms with van der Waals surface area (Å²) < 4.78 is 0. The molecule has 0 aliphatic carbocycles. The van der Waals surface area contributed by atoms with E-state index in [4.69, 9.17) is 29.4 Å². The Morgan fingerprint density at radius 3 is 0.581 bits per heavy atom. The van der Waals surface area contributed by atoms with Crippen LogP contribution in [0.25, 0.3) is 0 Å². The molecule has 0 fully saturated rings. The zero-order valence-corrected chi connectivity index (χ0v) is 23.1. The van der Waals surface area contributed by atoms with Gasteiger partial charge >= 0.3 is 64.8 Å². The molecule has 0 radical (unpaired) electrons. The third-order valence-electron chi connectivity index (χ3n) is 3.91. The Hall–Kier alpha value is 2.70. The van der Waals surface area contributed by atoms with Crippen LogP contribution in [0.3, 0.4) is 0 Å². The Labute approximate surface area is 245 Å². The predicted molar refractivity (Wildman–Crippen MR) is 146 cm³/mol. The van der Waals surface area contributed by atoms with Gasteiger partial charge in [-0.05, 0) is 23.6 Å². The number of unbranched alkanes of at least 4 members (excludes halogenated alkanes) is 14. The number of rotatable bonds is 14. The van der Waals surface area contributed by atoms with E-state index in [1.54, 1.807) is 0 Å². The Morgan fingerprint density at radius 2 is 0.484 bits per heavy atom. The van der Waals surface area contributed by atoms with Crippen LogP contribution < -0.4 is 0 Å². The van der Waals surface area contributed by atoms with E-state index >= 15 is 0 Å².